The Kier molecular flexibility index (Phi) is 12.4. The van der Waals surface area contributed by atoms with E-state index in [0.29, 0.717) is 19.8 Å². The van der Waals surface area contributed by atoms with Gasteiger partial charge in [-0.3, -0.25) is 9.89 Å². The first-order valence-corrected chi connectivity index (χ1v) is 10.8. The smallest absolute Gasteiger partial charge is 0.191 e. The Bertz CT molecular complexity index is 811. The molecule has 1 aliphatic rings. The van der Waals surface area contributed by atoms with Crippen molar-refractivity contribution in [1.29, 1.82) is 0 Å². The first-order chi connectivity index (χ1) is 15.3. The minimum absolute atomic E-state index is 0. The fourth-order valence-corrected chi connectivity index (χ4v) is 3.42. The zero-order valence-corrected chi connectivity index (χ0v) is 21.3. The van der Waals surface area contributed by atoms with Crippen LogP contribution in [-0.2, 0) is 29.1 Å². The zero-order chi connectivity index (χ0) is 21.7. The van der Waals surface area contributed by atoms with Crippen LogP contribution in [0.3, 0.4) is 0 Å². The molecule has 8 heteroatoms. The lowest BCUT2D eigenvalue weighted by molar-refractivity contribution is 0.0341. The maximum absolute atomic E-state index is 5.61. The summed E-state index contributed by atoms with van der Waals surface area (Å²) in [5.41, 5.74) is 3.79. The summed E-state index contributed by atoms with van der Waals surface area (Å²) < 4.78 is 16.1. The normalized spacial score (nSPS) is 14.5. The number of guanidine groups is 1. The molecular formula is C24H35IN4O3. The first-order valence-electron chi connectivity index (χ1n) is 10.8. The van der Waals surface area contributed by atoms with Gasteiger partial charge in [-0.2, -0.15) is 0 Å². The van der Waals surface area contributed by atoms with Crippen molar-refractivity contribution in [2.75, 3.05) is 53.7 Å². The fourth-order valence-electron chi connectivity index (χ4n) is 3.42. The Balaban J connectivity index is 0.00000363. The lowest BCUT2D eigenvalue weighted by Crippen LogP contribution is -2.37. The molecule has 0 radical (unpaired) electrons. The van der Waals surface area contributed by atoms with Gasteiger partial charge in [0.2, 0.25) is 0 Å². The molecule has 1 fully saturated rings. The predicted molar refractivity (Wildman–Crippen MR) is 139 cm³/mol. The van der Waals surface area contributed by atoms with Gasteiger partial charge < -0.3 is 24.8 Å². The molecule has 2 aromatic carbocycles. The molecule has 0 unspecified atom stereocenters. The van der Waals surface area contributed by atoms with E-state index in [1.165, 1.54) is 11.1 Å². The van der Waals surface area contributed by atoms with Crippen molar-refractivity contribution in [1.82, 2.24) is 15.5 Å². The second-order valence-corrected chi connectivity index (χ2v) is 7.42. The first kappa shape index (κ1) is 26.4. The Morgan fingerprint density at radius 1 is 0.969 bits per heavy atom. The molecule has 2 aromatic rings. The van der Waals surface area contributed by atoms with Gasteiger partial charge in [0.1, 0.15) is 12.4 Å². The molecule has 7 nitrogen and oxygen atoms in total. The molecule has 0 spiro atoms. The number of ether oxygens (including phenoxy) is 3. The van der Waals surface area contributed by atoms with Crippen LogP contribution in [0.4, 0.5) is 0 Å². The van der Waals surface area contributed by atoms with E-state index in [0.717, 1.165) is 56.7 Å². The van der Waals surface area contributed by atoms with Crippen LogP contribution in [0.5, 0.6) is 5.75 Å². The van der Waals surface area contributed by atoms with E-state index in [-0.39, 0.29) is 24.0 Å². The van der Waals surface area contributed by atoms with Crippen LogP contribution >= 0.6 is 24.0 Å². The molecule has 1 heterocycles. The zero-order valence-electron chi connectivity index (χ0n) is 19.0. The molecule has 0 amide bonds. The molecule has 2 N–H and O–H groups in total. The van der Waals surface area contributed by atoms with Crippen LogP contribution in [0.25, 0.3) is 0 Å². The topological polar surface area (TPSA) is 67.4 Å². The lowest BCUT2D eigenvalue weighted by atomic mass is 10.1. The largest absolute Gasteiger partial charge is 0.491 e. The SMILES string of the molecule is CN=C(NCc1ccc(OCCOC)cc1)NCc1ccccc1CN1CCOCC1.I. The summed E-state index contributed by atoms with van der Waals surface area (Å²) in [6.07, 6.45) is 0. The highest BCUT2D eigenvalue weighted by molar-refractivity contribution is 14.0. The van der Waals surface area contributed by atoms with Gasteiger partial charge in [-0.1, -0.05) is 36.4 Å². The summed E-state index contributed by atoms with van der Waals surface area (Å²) >= 11 is 0. The van der Waals surface area contributed by atoms with Crippen LogP contribution < -0.4 is 15.4 Å². The Labute approximate surface area is 208 Å². The van der Waals surface area contributed by atoms with E-state index in [1.54, 1.807) is 14.2 Å². The molecule has 0 aliphatic carbocycles. The van der Waals surface area contributed by atoms with Gasteiger partial charge in [-0.15, -0.1) is 24.0 Å². The molecule has 1 aliphatic heterocycles. The fraction of sp³-hybridized carbons (Fsp3) is 0.458. The number of hydrogen-bond donors (Lipinski definition) is 2. The number of benzene rings is 2. The monoisotopic (exact) mass is 554 g/mol. The molecule has 3 rings (SSSR count). The lowest BCUT2D eigenvalue weighted by Gasteiger charge is -2.27. The predicted octanol–water partition coefficient (Wildman–Crippen LogP) is 3.03. The Hall–Kier alpha value is -1.88. The molecule has 0 atom stereocenters. The van der Waals surface area contributed by atoms with Crippen molar-refractivity contribution < 1.29 is 14.2 Å². The van der Waals surface area contributed by atoms with Gasteiger partial charge >= 0.3 is 0 Å². The van der Waals surface area contributed by atoms with Gasteiger partial charge in [-0.05, 0) is 28.8 Å². The molecule has 0 saturated carbocycles. The van der Waals surface area contributed by atoms with E-state index in [2.05, 4.69) is 56.9 Å². The molecule has 32 heavy (non-hydrogen) atoms. The number of aliphatic imine (C=N–C) groups is 1. The van der Waals surface area contributed by atoms with Gasteiger partial charge in [0.25, 0.3) is 0 Å². The van der Waals surface area contributed by atoms with Crippen LogP contribution in [-0.4, -0.2) is 64.5 Å². The van der Waals surface area contributed by atoms with E-state index < -0.39 is 0 Å². The molecule has 0 bridgehead atoms. The standard InChI is InChI=1S/C24H34N4O3.HI/c1-25-24(26-17-20-7-9-23(10-8-20)31-16-15-29-2)27-18-21-5-3-4-6-22(21)19-28-11-13-30-14-12-28;/h3-10H,11-19H2,1-2H3,(H2,25,26,27);1H. The number of rotatable bonds is 10. The van der Waals surface area contributed by atoms with Crippen LogP contribution in [0.15, 0.2) is 53.5 Å². The van der Waals surface area contributed by atoms with Gasteiger partial charge in [0, 0.05) is 46.9 Å². The number of morpholine rings is 1. The van der Waals surface area contributed by atoms with Crippen LogP contribution in [0.2, 0.25) is 0 Å². The highest BCUT2D eigenvalue weighted by Crippen LogP contribution is 2.14. The third-order valence-corrected chi connectivity index (χ3v) is 5.23. The Morgan fingerprint density at radius 2 is 1.66 bits per heavy atom. The number of halogens is 1. The summed E-state index contributed by atoms with van der Waals surface area (Å²) in [5.74, 6) is 1.63. The van der Waals surface area contributed by atoms with Crippen molar-refractivity contribution in [3.63, 3.8) is 0 Å². The average molecular weight is 554 g/mol. The third-order valence-electron chi connectivity index (χ3n) is 5.23. The summed E-state index contributed by atoms with van der Waals surface area (Å²) in [4.78, 5) is 6.80. The van der Waals surface area contributed by atoms with E-state index in [9.17, 15) is 0 Å². The molecular weight excluding hydrogens is 519 g/mol. The second-order valence-electron chi connectivity index (χ2n) is 7.42. The molecule has 0 aromatic heterocycles. The number of nitrogens with zero attached hydrogens (tertiary/aromatic N) is 2. The second kappa shape index (κ2) is 15.0. The quantitative estimate of drug-likeness (QED) is 0.204. The van der Waals surface area contributed by atoms with E-state index in [1.807, 2.05) is 12.1 Å². The van der Waals surface area contributed by atoms with Crippen LogP contribution in [0, 0.1) is 0 Å². The summed E-state index contributed by atoms with van der Waals surface area (Å²) in [5, 5.41) is 6.82. The molecule has 176 valence electrons. The van der Waals surface area contributed by atoms with Gasteiger partial charge in [-0.25, -0.2) is 0 Å². The number of hydrogen-bond acceptors (Lipinski definition) is 5. The average Bonchev–Trinajstić information content (AvgIpc) is 2.82. The minimum atomic E-state index is 0. The number of methoxy groups -OCH3 is 1. The minimum Gasteiger partial charge on any atom is -0.491 e. The van der Waals surface area contributed by atoms with Crippen molar-refractivity contribution in [2.24, 2.45) is 4.99 Å². The van der Waals surface area contributed by atoms with Crippen molar-refractivity contribution in [3.8, 4) is 5.75 Å². The third kappa shape index (κ3) is 8.93. The van der Waals surface area contributed by atoms with Gasteiger partial charge in [0.15, 0.2) is 5.96 Å². The van der Waals surface area contributed by atoms with Crippen LogP contribution in [0.1, 0.15) is 16.7 Å². The molecule has 1 saturated heterocycles. The summed E-state index contributed by atoms with van der Waals surface area (Å²) in [6.45, 7) is 7.11. The highest BCUT2D eigenvalue weighted by Gasteiger charge is 2.12. The highest BCUT2D eigenvalue weighted by atomic mass is 127. The Morgan fingerprint density at radius 3 is 2.34 bits per heavy atom. The van der Waals surface area contributed by atoms with E-state index >= 15 is 0 Å². The van der Waals surface area contributed by atoms with Crippen molar-refractivity contribution in [2.45, 2.75) is 19.6 Å². The maximum Gasteiger partial charge on any atom is 0.191 e. The van der Waals surface area contributed by atoms with Crippen molar-refractivity contribution >= 4 is 29.9 Å². The number of nitrogens with one attached hydrogen (secondary N) is 2. The maximum atomic E-state index is 5.61. The summed E-state index contributed by atoms with van der Waals surface area (Å²) in [7, 11) is 3.46. The van der Waals surface area contributed by atoms with E-state index in [4.69, 9.17) is 14.2 Å². The summed E-state index contributed by atoms with van der Waals surface area (Å²) in [6, 6.07) is 16.6. The van der Waals surface area contributed by atoms with Crippen molar-refractivity contribution in [3.05, 3.63) is 65.2 Å². The van der Waals surface area contributed by atoms with Gasteiger partial charge in [0.05, 0.1) is 19.8 Å².